The predicted octanol–water partition coefficient (Wildman–Crippen LogP) is 6.50. The first-order valence-corrected chi connectivity index (χ1v) is 11.7. The molecule has 166 valence electrons. The van der Waals surface area contributed by atoms with E-state index in [4.69, 9.17) is 9.84 Å². The molecule has 2 unspecified atom stereocenters. The topological polar surface area (TPSA) is 66.8 Å². The van der Waals surface area contributed by atoms with Crippen LogP contribution < -0.4 is 0 Å². The van der Waals surface area contributed by atoms with E-state index in [9.17, 15) is 9.90 Å². The summed E-state index contributed by atoms with van der Waals surface area (Å²) >= 11 is 0. The third-order valence-corrected chi connectivity index (χ3v) is 5.43. The Morgan fingerprint density at radius 2 is 1.45 bits per heavy atom. The summed E-state index contributed by atoms with van der Waals surface area (Å²) < 4.78 is 6.13. The number of aliphatic hydroxyl groups is 1. The smallest absolute Gasteiger partial charge is 0.303 e. The second kappa shape index (κ2) is 17.5. The Bertz CT molecular complexity index is 503. The van der Waals surface area contributed by atoms with Gasteiger partial charge < -0.3 is 14.9 Å². The summed E-state index contributed by atoms with van der Waals surface area (Å²) in [4.78, 5) is 10.5. The Balaban J connectivity index is 1.97. The minimum Gasteiger partial charge on any atom is -0.481 e. The van der Waals surface area contributed by atoms with Crippen molar-refractivity contribution in [3.8, 4) is 0 Å². The highest BCUT2D eigenvalue weighted by Crippen LogP contribution is 2.17. The van der Waals surface area contributed by atoms with Gasteiger partial charge in [-0.2, -0.15) is 0 Å². The fourth-order valence-corrected chi connectivity index (χ4v) is 3.68. The van der Waals surface area contributed by atoms with Gasteiger partial charge in [-0.05, 0) is 37.7 Å². The summed E-state index contributed by atoms with van der Waals surface area (Å²) in [5, 5.41) is 18.5. The summed E-state index contributed by atoms with van der Waals surface area (Å²) in [6, 6.07) is 10.4. The minimum atomic E-state index is -0.747. The molecule has 0 aliphatic heterocycles. The molecule has 0 saturated carbocycles. The zero-order chi connectivity index (χ0) is 21.2. The molecule has 2 atom stereocenters. The number of aliphatic carboxylic acids is 1. The number of unbranched alkanes of at least 4 members (excludes halogenated alkanes) is 6. The van der Waals surface area contributed by atoms with Gasteiger partial charge in [0, 0.05) is 6.42 Å². The molecule has 0 aromatic heterocycles. The van der Waals surface area contributed by atoms with Gasteiger partial charge in [-0.15, -0.1) is 0 Å². The molecule has 0 fully saturated rings. The highest BCUT2D eigenvalue weighted by atomic mass is 16.5. The van der Waals surface area contributed by atoms with Crippen LogP contribution in [-0.2, 0) is 16.1 Å². The van der Waals surface area contributed by atoms with E-state index in [1.54, 1.807) is 0 Å². The van der Waals surface area contributed by atoms with Gasteiger partial charge in [-0.3, -0.25) is 4.79 Å². The Kier molecular flexibility index (Phi) is 15.4. The number of hydrogen-bond acceptors (Lipinski definition) is 3. The molecule has 2 N–H and O–H groups in total. The zero-order valence-corrected chi connectivity index (χ0v) is 18.4. The third-order valence-electron chi connectivity index (χ3n) is 5.43. The predicted molar refractivity (Wildman–Crippen MR) is 119 cm³/mol. The van der Waals surface area contributed by atoms with Crippen molar-refractivity contribution >= 4 is 5.97 Å². The Morgan fingerprint density at radius 3 is 2.07 bits per heavy atom. The maximum atomic E-state index is 10.5. The number of ether oxygens (including phenoxy) is 1. The van der Waals surface area contributed by atoms with Gasteiger partial charge in [0.2, 0.25) is 0 Å². The first kappa shape index (κ1) is 25.6. The van der Waals surface area contributed by atoms with Crippen LogP contribution in [0, 0.1) is 0 Å². The average molecular weight is 407 g/mol. The largest absolute Gasteiger partial charge is 0.481 e. The van der Waals surface area contributed by atoms with Crippen LogP contribution in [0.15, 0.2) is 30.3 Å². The van der Waals surface area contributed by atoms with Crippen LogP contribution in [0.5, 0.6) is 0 Å². The molecule has 1 rings (SSSR count). The fraction of sp³-hybridized carbons (Fsp3) is 0.720. The normalized spacial score (nSPS) is 13.3. The molecule has 1 aromatic rings. The second-order valence-corrected chi connectivity index (χ2v) is 8.20. The van der Waals surface area contributed by atoms with Crippen LogP contribution in [0.25, 0.3) is 0 Å². The Morgan fingerprint density at radius 1 is 0.862 bits per heavy atom. The molecule has 0 radical (unpaired) electrons. The van der Waals surface area contributed by atoms with E-state index in [1.165, 1.54) is 37.7 Å². The molecule has 0 spiro atoms. The number of benzene rings is 1. The number of carboxylic acid groups (broad SMARTS) is 1. The molecule has 0 amide bonds. The maximum Gasteiger partial charge on any atom is 0.303 e. The molecule has 4 heteroatoms. The van der Waals surface area contributed by atoms with Crippen LogP contribution in [0.1, 0.15) is 102 Å². The van der Waals surface area contributed by atoms with Crippen molar-refractivity contribution in [2.24, 2.45) is 0 Å². The van der Waals surface area contributed by atoms with Gasteiger partial charge in [0.25, 0.3) is 0 Å². The van der Waals surface area contributed by atoms with Crippen molar-refractivity contribution in [2.75, 3.05) is 0 Å². The minimum absolute atomic E-state index is 0.211. The van der Waals surface area contributed by atoms with E-state index in [0.29, 0.717) is 19.1 Å². The molecular weight excluding hydrogens is 364 g/mol. The van der Waals surface area contributed by atoms with Crippen LogP contribution in [-0.4, -0.2) is 28.4 Å². The van der Waals surface area contributed by atoms with Gasteiger partial charge in [-0.25, -0.2) is 0 Å². The number of carboxylic acids is 1. The molecule has 0 aliphatic carbocycles. The number of rotatable bonds is 19. The van der Waals surface area contributed by atoms with Crippen molar-refractivity contribution in [3.05, 3.63) is 35.9 Å². The second-order valence-electron chi connectivity index (χ2n) is 8.20. The lowest BCUT2D eigenvalue weighted by molar-refractivity contribution is -0.137. The number of aliphatic hydroxyl groups excluding tert-OH is 1. The zero-order valence-electron chi connectivity index (χ0n) is 18.4. The van der Waals surface area contributed by atoms with E-state index in [-0.39, 0.29) is 12.5 Å². The maximum absolute atomic E-state index is 10.5. The van der Waals surface area contributed by atoms with Crippen molar-refractivity contribution in [1.29, 1.82) is 0 Å². The molecule has 0 bridgehead atoms. The standard InChI is InChI=1S/C25H42O4/c1-2-14-24(29-21-22-15-8-7-9-16-22)19-11-6-4-3-5-10-17-23(26)18-12-13-20-25(27)28/h7-9,15-16,23-24,26H,2-6,10-14,17-21H2,1H3,(H,27,28). The Labute approximate surface area is 177 Å². The number of hydrogen-bond donors (Lipinski definition) is 2. The van der Waals surface area contributed by atoms with E-state index >= 15 is 0 Å². The summed E-state index contributed by atoms with van der Waals surface area (Å²) in [5.74, 6) is -0.747. The van der Waals surface area contributed by atoms with Crippen LogP contribution in [0.3, 0.4) is 0 Å². The van der Waals surface area contributed by atoms with E-state index in [2.05, 4.69) is 31.2 Å². The summed E-state index contributed by atoms with van der Waals surface area (Å²) in [5.41, 5.74) is 1.25. The van der Waals surface area contributed by atoms with Gasteiger partial charge >= 0.3 is 5.97 Å². The molecular formula is C25H42O4. The average Bonchev–Trinajstić information content (AvgIpc) is 2.71. The summed E-state index contributed by atoms with van der Waals surface area (Å²) in [6.07, 6.45) is 14.0. The van der Waals surface area contributed by atoms with Gasteiger partial charge in [0.15, 0.2) is 0 Å². The van der Waals surface area contributed by atoms with E-state index in [1.807, 2.05) is 6.07 Å². The van der Waals surface area contributed by atoms with Crippen LogP contribution in [0.4, 0.5) is 0 Å². The molecule has 29 heavy (non-hydrogen) atoms. The highest BCUT2D eigenvalue weighted by molar-refractivity contribution is 5.66. The fourth-order valence-electron chi connectivity index (χ4n) is 3.68. The lowest BCUT2D eigenvalue weighted by atomic mass is 10.0. The van der Waals surface area contributed by atoms with Crippen LogP contribution >= 0.6 is 0 Å². The molecule has 0 aliphatic rings. The summed E-state index contributed by atoms with van der Waals surface area (Å²) in [6.45, 7) is 2.93. The molecule has 1 aromatic carbocycles. The van der Waals surface area contributed by atoms with Gasteiger partial charge in [0.05, 0.1) is 18.8 Å². The van der Waals surface area contributed by atoms with E-state index < -0.39 is 5.97 Å². The monoisotopic (exact) mass is 406 g/mol. The Hall–Kier alpha value is -1.39. The first-order chi connectivity index (χ1) is 14.1. The summed E-state index contributed by atoms with van der Waals surface area (Å²) in [7, 11) is 0. The third kappa shape index (κ3) is 15.2. The lowest BCUT2D eigenvalue weighted by Gasteiger charge is -2.17. The quantitative estimate of drug-likeness (QED) is 0.257. The van der Waals surface area contributed by atoms with Gasteiger partial charge in [-0.1, -0.05) is 88.6 Å². The van der Waals surface area contributed by atoms with Crippen molar-refractivity contribution in [3.63, 3.8) is 0 Å². The van der Waals surface area contributed by atoms with Crippen molar-refractivity contribution < 1.29 is 19.7 Å². The molecule has 0 saturated heterocycles. The van der Waals surface area contributed by atoms with Crippen LogP contribution in [0.2, 0.25) is 0 Å². The van der Waals surface area contributed by atoms with Crippen molar-refractivity contribution in [2.45, 2.75) is 116 Å². The van der Waals surface area contributed by atoms with E-state index in [0.717, 1.165) is 44.9 Å². The molecule has 4 nitrogen and oxygen atoms in total. The van der Waals surface area contributed by atoms with Gasteiger partial charge in [0.1, 0.15) is 0 Å². The lowest BCUT2D eigenvalue weighted by Crippen LogP contribution is -2.12. The molecule has 0 heterocycles. The highest BCUT2D eigenvalue weighted by Gasteiger charge is 2.08. The number of carbonyl (C=O) groups is 1. The SMILES string of the molecule is CCCC(CCCCCCCCC(O)CCCCC(=O)O)OCc1ccccc1. The van der Waals surface area contributed by atoms with Crippen molar-refractivity contribution in [1.82, 2.24) is 0 Å². The first-order valence-electron chi connectivity index (χ1n) is 11.7.